The van der Waals surface area contributed by atoms with Crippen LogP contribution in [0, 0.1) is 0 Å². The van der Waals surface area contributed by atoms with Crippen LogP contribution in [-0.4, -0.2) is 0 Å². The quantitative estimate of drug-likeness (QED) is 0.602. The van der Waals surface area contributed by atoms with E-state index in [9.17, 15) is 0 Å². The van der Waals surface area contributed by atoms with Gasteiger partial charge in [-0.25, -0.2) is 0 Å². The number of rotatable bonds is 1. The smallest absolute Gasteiger partial charge is 0.0345 e. The van der Waals surface area contributed by atoms with E-state index in [1.165, 1.54) is 15.0 Å². The Labute approximate surface area is 70.5 Å². The molecule has 1 aromatic heterocycles. The van der Waals surface area contributed by atoms with E-state index >= 15 is 0 Å². The number of aryl methyl sites for hydroxylation is 1. The summed E-state index contributed by atoms with van der Waals surface area (Å²) in [6.45, 7) is 2.20. The lowest BCUT2D eigenvalue weighted by molar-refractivity contribution is 1.19. The van der Waals surface area contributed by atoms with Crippen molar-refractivity contribution in [3.05, 3.63) is 35.2 Å². The SMILES string of the molecule is CCc1cc2ccccc2s1. The van der Waals surface area contributed by atoms with Crippen molar-refractivity contribution in [1.82, 2.24) is 0 Å². The topological polar surface area (TPSA) is 0 Å². The molecule has 2 aromatic rings. The van der Waals surface area contributed by atoms with Gasteiger partial charge in [0.05, 0.1) is 0 Å². The van der Waals surface area contributed by atoms with Crippen molar-refractivity contribution >= 4 is 21.4 Å². The Morgan fingerprint density at radius 3 is 2.82 bits per heavy atom. The molecular weight excluding hydrogens is 152 g/mol. The van der Waals surface area contributed by atoms with Crippen molar-refractivity contribution in [1.29, 1.82) is 0 Å². The van der Waals surface area contributed by atoms with Gasteiger partial charge in [-0.2, -0.15) is 0 Å². The Kier molecular flexibility index (Phi) is 1.66. The molecule has 1 heterocycles. The van der Waals surface area contributed by atoms with Gasteiger partial charge in [0, 0.05) is 9.58 Å². The van der Waals surface area contributed by atoms with Crippen LogP contribution in [-0.2, 0) is 6.42 Å². The molecule has 0 spiro atoms. The first-order chi connectivity index (χ1) is 5.40. The minimum absolute atomic E-state index is 1.15. The van der Waals surface area contributed by atoms with E-state index in [2.05, 4.69) is 37.3 Å². The maximum atomic E-state index is 2.28. The molecule has 0 N–H and O–H groups in total. The fraction of sp³-hybridized carbons (Fsp3) is 0.200. The first kappa shape index (κ1) is 6.86. The van der Waals surface area contributed by atoms with E-state index in [-0.39, 0.29) is 0 Å². The van der Waals surface area contributed by atoms with Crippen molar-refractivity contribution in [2.75, 3.05) is 0 Å². The molecule has 56 valence electrons. The lowest BCUT2D eigenvalue weighted by atomic mass is 10.2. The highest BCUT2D eigenvalue weighted by Gasteiger charge is 1.96. The molecule has 0 nitrogen and oxygen atoms in total. The van der Waals surface area contributed by atoms with Crippen LogP contribution in [0.4, 0.5) is 0 Å². The molecule has 0 bridgehead atoms. The summed E-state index contributed by atoms with van der Waals surface area (Å²) in [5.74, 6) is 0. The van der Waals surface area contributed by atoms with E-state index in [1.807, 2.05) is 11.3 Å². The third kappa shape index (κ3) is 1.16. The molecule has 1 heteroatoms. The van der Waals surface area contributed by atoms with Crippen LogP contribution in [0.1, 0.15) is 11.8 Å². The molecule has 0 saturated heterocycles. The molecule has 0 unspecified atom stereocenters. The molecule has 0 aliphatic heterocycles. The lowest BCUT2D eigenvalue weighted by Gasteiger charge is -1.82. The molecule has 1 aromatic carbocycles. The Morgan fingerprint density at radius 1 is 1.27 bits per heavy atom. The average molecular weight is 162 g/mol. The fourth-order valence-electron chi connectivity index (χ4n) is 1.21. The Bertz CT molecular complexity index is 327. The van der Waals surface area contributed by atoms with Crippen LogP contribution >= 0.6 is 11.3 Å². The molecule has 11 heavy (non-hydrogen) atoms. The number of hydrogen-bond acceptors (Lipinski definition) is 1. The third-order valence-electron chi connectivity index (χ3n) is 1.83. The first-order valence-electron chi connectivity index (χ1n) is 3.87. The van der Waals surface area contributed by atoms with Crippen LogP contribution in [0.3, 0.4) is 0 Å². The second-order valence-corrected chi connectivity index (χ2v) is 3.77. The van der Waals surface area contributed by atoms with Gasteiger partial charge in [0.15, 0.2) is 0 Å². The van der Waals surface area contributed by atoms with Crippen LogP contribution < -0.4 is 0 Å². The van der Waals surface area contributed by atoms with Crippen LogP contribution in [0.25, 0.3) is 10.1 Å². The zero-order valence-electron chi connectivity index (χ0n) is 6.50. The normalized spacial score (nSPS) is 10.6. The average Bonchev–Trinajstić information content (AvgIpc) is 2.46. The minimum atomic E-state index is 1.15. The van der Waals surface area contributed by atoms with Gasteiger partial charge >= 0.3 is 0 Å². The Morgan fingerprint density at radius 2 is 2.09 bits per heavy atom. The maximum Gasteiger partial charge on any atom is 0.0345 e. The predicted molar refractivity (Wildman–Crippen MR) is 51.2 cm³/mol. The number of hydrogen-bond donors (Lipinski definition) is 0. The second-order valence-electron chi connectivity index (χ2n) is 2.60. The molecule has 0 aliphatic rings. The van der Waals surface area contributed by atoms with Crippen LogP contribution in [0.2, 0.25) is 0 Å². The van der Waals surface area contributed by atoms with Gasteiger partial charge in [-0.3, -0.25) is 0 Å². The monoisotopic (exact) mass is 162 g/mol. The van der Waals surface area contributed by atoms with E-state index in [1.54, 1.807) is 0 Å². The number of thiophene rings is 1. The fourth-order valence-corrected chi connectivity index (χ4v) is 2.22. The van der Waals surface area contributed by atoms with Crippen molar-refractivity contribution < 1.29 is 0 Å². The highest BCUT2D eigenvalue weighted by Crippen LogP contribution is 2.25. The molecule has 0 fully saturated rings. The zero-order valence-corrected chi connectivity index (χ0v) is 7.32. The molecule has 2 rings (SSSR count). The lowest BCUT2D eigenvalue weighted by Crippen LogP contribution is -1.64. The molecule has 0 atom stereocenters. The highest BCUT2D eigenvalue weighted by atomic mass is 32.1. The zero-order chi connectivity index (χ0) is 7.68. The van der Waals surface area contributed by atoms with Crippen molar-refractivity contribution in [3.63, 3.8) is 0 Å². The summed E-state index contributed by atoms with van der Waals surface area (Å²) in [4.78, 5) is 1.48. The van der Waals surface area contributed by atoms with Crippen molar-refractivity contribution in [2.45, 2.75) is 13.3 Å². The van der Waals surface area contributed by atoms with Gasteiger partial charge in [0.2, 0.25) is 0 Å². The summed E-state index contributed by atoms with van der Waals surface area (Å²) < 4.78 is 1.41. The van der Waals surface area contributed by atoms with E-state index in [0.29, 0.717) is 0 Å². The standard InChI is InChI=1S/C10H10S/c1-2-9-7-8-5-3-4-6-10(8)11-9/h3-7H,2H2,1H3. The van der Waals surface area contributed by atoms with Gasteiger partial charge in [-0.1, -0.05) is 25.1 Å². The molecule has 0 saturated carbocycles. The third-order valence-corrected chi connectivity index (χ3v) is 3.09. The Hall–Kier alpha value is -0.820. The van der Waals surface area contributed by atoms with Gasteiger partial charge in [0.25, 0.3) is 0 Å². The maximum absolute atomic E-state index is 2.28. The van der Waals surface area contributed by atoms with Gasteiger partial charge < -0.3 is 0 Å². The van der Waals surface area contributed by atoms with Gasteiger partial charge in [-0.15, -0.1) is 11.3 Å². The first-order valence-corrected chi connectivity index (χ1v) is 4.69. The molecule has 0 aliphatic carbocycles. The molecular formula is C10H10S. The number of fused-ring (bicyclic) bond motifs is 1. The molecule has 0 amide bonds. The van der Waals surface area contributed by atoms with Gasteiger partial charge in [0.1, 0.15) is 0 Å². The van der Waals surface area contributed by atoms with E-state index in [0.717, 1.165) is 6.42 Å². The summed E-state index contributed by atoms with van der Waals surface area (Å²) in [5.41, 5.74) is 0. The summed E-state index contributed by atoms with van der Waals surface area (Å²) in [6.07, 6.45) is 1.15. The van der Waals surface area contributed by atoms with Crippen LogP contribution in [0.5, 0.6) is 0 Å². The largest absolute Gasteiger partial charge is 0.140 e. The Balaban J connectivity index is 2.69. The van der Waals surface area contributed by atoms with Gasteiger partial charge in [-0.05, 0) is 23.9 Å². The summed E-state index contributed by atoms with van der Waals surface area (Å²) in [7, 11) is 0. The second kappa shape index (κ2) is 2.67. The minimum Gasteiger partial charge on any atom is -0.140 e. The number of benzene rings is 1. The van der Waals surface area contributed by atoms with E-state index < -0.39 is 0 Å². The molecule has 0 radical (unpaired) electrons. The highest BCUT2D eigenvalue weighted by molar-refractivity contribution is 7.19. The summed E-state index contributed by atoms with van der Waals surface area (Å²) in [5, 5.41) is 1.38. The summed E-state index contributed by atoms with van der Waals surface area (Å²) >= 11 is 1.90. The van der Waals surface area contributed by atoms with Crippen LogP contribution in [0.15, 0.2) is 30.3 Å². The van der Waals surface area contributed by atoms with Crippen molar-refractivity contribution in [2.24, 2.45) is 0 Å². The predicted octanol–water partition coefficient (Wildman–Crippen LogP) is 3.46. The van der Waals surface area contributed by atoms with Crippen molar-refractivity contribution in [3.8, 4) is 0 Å². The summed E-state index contributed by atoms with van der Waals surface area (Å²) in [6, 6.07) is 10.8. The van der Waals surface area contributed by atoms with E-state index in [4.69, 9.17) is 0 Å².